The van der Waals surface area contributed by atoms with E-state index in [-0.39, 0.29) is 0 Å². The topological polar surface area (TPSA) is 16.1 Å². The summed E-state index contributed by atoms with van der Waals surface area (Å²) < 4.78 is 0. The SMILES string of the molecule is CCCCN(CC)c1cc(C(C)C)ccn1. The standard InChI is InChI=1S/C14H24N2/c1-5-7-10-16(6-2)14-11-13(12(3)4)8-9-15-14/h8-9,11-12H,5-7,10H2,1-4H3. The third kappa shape index (κ3) is 3.51. The fourth-order valence-electron chi connectivity index (χ4n) is 1.75. The Balaban J connectivity index is 2.79. The maximum atomic E-state index is 4.47. The first-order valence-electron chi connectivity index (χ1n) is 6.39. The molecule has 0 bridgehead atoms. The van der Waals surface area contributed by atoms with E-state index in [9.17, 15) is 0 Å². The Bertz CT molecular complexity index is 307. The zero-order valence-corrected chi connectivity index (χ0v) is 11.0. The van der Waals surface area contributed by atoms with Crippen LogP contribution in [-0.2, 0) is 0 Å². The van der Waals surface area contributed by atoms with Crippen molar-refractivity contribution in [3.8, 4) is 0 Å². The van der Waals surface area contributed by atoms with Gasteiger partial charge in [-0.05, 0) is 37.0 Å². The Morgan fingerprint density at radius 3 is 2.62 bits per heavy atom. The van der Waals surface area contributed by atoms with E-state index >= 15 is 0 Å². The molecule has 0 aliphatic carbocycles. The zero-order valence-electron chi connectivity index (χ0n) is 11.0. The van der Waals surface area contributed by atoms with Crippen LogP contribution in [0.15, 0.2) is 18.3 Å². The summed E-state index contributed by atoms with van der Waals surface area (Å²) in [5.74, 6) is 1.70. The lowest BCUT2D eigenvalue weighted by molar-refractivity contribution is 0.722. The predicted molar refractivity (Wildman–Crippen MR) is 71.1 cm³/mol. The molecule has 0 N–H and O–H groups in total. The lowest BCUT2D eigenvalue weighted by Crippen LogP contribution is -2.24. The number of pyridine rings is 1. The van der Waals surface area contributed by atoms with Gasteiger partial charge in [0.25, 0.3) is 0 Å². The molecule has 1 aromatic rings. The van der Waals surface area contributed by atoms with Crippen LogP contribution in [0.3, 0.4) is 0 Å². The van der Waals surface area contributed by atoms with Crippen LogP contribution in [0.25, 0.3) is 0 Å². The summed E-state index contributed by atoms with van der Waals surface area (Å²) in [6.07, 6.45) is 4.40. The summed E-state index contributed by atoms with van der Waals surface area (Å²) in [4.78, 5) is 6.83. The number of hydrogen-bond donors (Lipinski definition) is 0. The number of anilines is 1. The van der Waals surface area contributed by atoms with Gasteiger partial charge in [-0.3, -0.25) is 0 Å². The molecule has 0 fully saturated rings. The van der Waals surface area contributed by atoms with Gasteiger partial charge >= 0.3 is 0 Å². The van der Waals surface area contributed by atoms with Crippen molar-refractivity contribution in [1.82, 2.24) is 4.98 Å². The normalized spacial score (nSPS) is 10.8. The Morgan fingerprint density at radius 1 is 1.31 bits per heavy atom. The quantitative estimate of drug-likeness (QED) is 0.724. The van der Waals surface area contributed by atoms with Crippen molar-refractivity contribution in [3.05, 3.63) is 23.9 Å². The van der Waals surface area contributed by atoms with Crippen molar-refractivity contribution in [2.45, 2.75) is 46.5 Å². The number of unbranched alkanes of at least 4 members (excludes halogenated alkanes) is 1. The summed E-state index contributed by atoms with van der Waals surface area (Å²) in [6.45, 7) is 11.0. The summed E-state index contributed by atoms with van der Waals surface area (Å²) in [5, 5.41) is 0. The third-order valence-corrected chi connectivity index (χ3v) is 2.92. The lowest BCUT2D eigenvalue weighted by Gasteiger charge is -2.22. The highest BCUT2D eigenvalue weighted by Gasteiger charge is 2.07. The second kappa shape index (κ2) is 6.51. The molecule has 0 atom stereocenters. The lowest BCUT2D eigenvalue weighted by atomic mass is 10.1. The van der Waals surface area contributed by atoms with E-state index in [2.05, 4.69) is 49.7 Å². The number of rotatable bonds is 6. The van der Waals surface area contributed by atoms with Crippen LogP contribution in [0.2, 0.25) is 0 Å². The van der Waals surface area contributed by atoms with Crippen molar-refractivity contribution in [1.29, 1.82) is 0 Å². The second-order valence-corrected chi connectivity index (χ2v) is 4.54. The van der Waals surface area contributed by atoms with Crippen LogP contribution in [0.5, 0.6) is 0 Å². The van der Waals surface area contributed by atoms with Gasteiger partial charge in [-0.2, -0.15) is 0 Å². The van der Waals surface area contributed by atoms with Crippen LogP contribution >= 0.6 is 0 Å². The number of hydrogen-bond acceptors (Lipinski definition) is 2. The molecule has 0 amide bonds. The molecule has 0 unspecified atom stereocenters. The van der Waals surface area contributed by atoms with Gasteiger partial charge in [0, 0.05) is 19.3 Å². The Hall–Kier alpha value is -1.05. The number of nitrogens with zero attached hydrogens (tertiary/aromatic N) is 2. The van der Waals surface area contributed by atoms with E-state index in [1.165, 1.54) is 18.4 Å². The van der Waals surface area contributed by atoms with E-state index < -0.39 is 0 Å². The first-order valence-corrected chi connectivity index (χ1v) is 6.39. The molecule has 0 aromatic carbocycles. The molecule has 0 saturated heterocycles. The van der Waals surface area contributed by atoms with Crippen LogP contribution in [0, 0.1) is 0 Å². The van der Waals surface area contributed by atoms with Gasteiger partial charge in [-0.1, -0.05) is 27.2 Å². The van der Waals surface area contributed by atoms with E-state index in [0.717, 1.165) is 18.9 Å². The molecule has 0 saturated carbocycles. The minimum atomic E-state index is 0.576. The van der Waals surface area contributed by atoms with Gasteiger partial charge in [0.05, 0.1) is 0 Å². The molecule has 1 aromatic heterocycles. The van der Waals surface area contributed by atoms with Gasteiger partial charge in [0.1, 0.15) is 5.82 Å². The van der Waals surface area contributed by atoms with Gasteiger partial charge in [0.2, 0.25) is 0 Å². The van der Waals surface area contributed by atoms with Crippen molar-refractivity contribution in [3.63, 3.8) is 0 Å². The largest absolute Gasteiger partial charge is 0.357 e. The van der Waals surface area contributed by atoms with Crippen LogP contribution in [-0.4, -0.2) is 18.1 Å². The number of aromatic nitrogens is 1. The van der Waals surface area contributed by atoms with Crippen molar-refractivity contribution in [2.75, 3.05) is 18.0 Å². The molecular weight excluding hydrogens is 196 g/mol. The Labute approximate surface area is 99.7 Å². The minimum Gasteiger partial charge on any atom is -0.357 e. The molecular formula is C14H24N2. The molecule has 0 spiro atoms. The molecule has 16 heavy (non-hydrogen) atoms. The first-order chi connectivity index (χ1) is 7.69. The highest BCUT2D eigenvalue weighted by Crippen LogP contribution is 2.19. The highest BCUT2D eigenvalue weighted by atomic mass is 15.2. The van der Waals surface area contributed by atoms with Crippen molar-refractivity contribution >= 4 is 5.82 Å². The average molecular weight is 220 g/mol. The van der Waals surface area contributed by atoms with E-state index in [1.807, 2.05) is 6.20 Å². The fraction of sp³-hybridized carbons (Fsp3) is 0.643. The molecule has 2 nitrogen and oxygen atoms in total. The third-order valence-electron chi connectivity index (χ3n) is 2.92. The van der Waals surface area contributed by atoms with Gasteiger partial charge in [-0.25, -0.2) is 4.98 Å². The molecule has 90 valence electrons. The van der Waals surface area contributed by atoms with Gasteiger partial charge in [-0.15, -0.1) is 0 Å². The molecule has 1 heterocycles. The Morgan fingerprint density at radius 2 is 2.06 bits per heavy atom. The van der Waals surface area contributed by atoms with Crippen molar-refractivity contribution in [2.24, 2.45) is 0 Å². The average Bonchev–Trinajstić information content (AvgIpc) is 2.30. The van der Waals surface area contributed by atoms with Crippen LogP contribution in [0.1, 0.15) is 52.0 Å². The fourth-order valence-corrected chi connectivity index (χ4v) is 1.75. The highest BCUT2D eigenvalue weighted by molar-refractivity contribution is 5.41. The summed E-state index contributed by atoms with van der Waals surface area (Å²) in [6, 6.07) is 4.34. The second-order valence-electron chi connectivity index (χ2n) is 4.54. The van der Waals surface area contributed by atoms with Gasteiger partial charge < -0.3 is 4.90 Å². The molecule has 0 aliphatic heterocycles. The smallest absolute Gasteiger partial charge is 0.128 e. The summed E-state index contributed by atoms with van der Waals surface area (Å²) >= 11 is 0. The first kappa shape index (κ1) is 13.0. The molecule has 0 aliphatic rings. The van der Waals surface area contributed by atoms with E-state index in [0.29, 0.717) is 5.92 Å². The monoisotopic (exact) mass is 220 g/mol. The predicted octanol–water partition coefficient (Wildman–Crippen LogP) is 3.83. The zero-order chi connectivity index (χ0) is 12.0. The molecule has 0 radical (unpaired) electrons. The summed E-state index contributed by atoms with van der Waals surface area (Å²) in [7, 11) is 0. The van der Waals surface area contributed by atoms with E-state index in [4.69, 9.17) is 0 Å². The van der Waals surface area contributed by atoms with Gasteiger partial charge in [0.15, 0.2) is 0 Å². The molecule has 1 rings (SSSR count). The van der Waals surface area contributed by atoms with E-state index in [1.54, 1.807) is 0 Å². The van der Waals surface area contributed by atoms with Crippen LogP contribution in [0.4, 0.5) is 5.82 Å². The molecule has 2 heteroatoms. The van der Waals surface area contributed by atoms with Crippen LogP contribution < -0.4 is 4.90 Å². The van der Waals surface area contributed by atoms with Crippen molar-refractivity contribution < 1.29 is 0 Å². The maximum absolute atomic E-state index is 4.47. The summed E-state index contributed by atoms with van der Waals surface area (Å²) in [5.41, 5.74) is 1.37. The Kier molecular flexibility index (Phi) is 5.30. The minimum absolute atomic E-state index is 0.576. The maximum Gasteiger partial charge on any atom is 0.128 e.